The molecule has 2 N–H and O–H groups in total. The second-order valence-electron chi connectivity index (χ2n) is 6.91. The molecule has 4 rings (SSSR count). The fourth-order valence-corrected chi connectivity index (χ4v) is 4.27. The number of halogens is 4. The van der Waals surface area contributed by atoms with E-state index in [1.165, 1.54) is 18.3 Å². The Labute approximate surface area is 197 Å². The van der Waals surface area contributed by atoms with Gasteiger partial charge in [0, 0.05) is 29.6 Å². The molecule has 0 amide bonds. The second-order valence-corrected chi connectivity index (χ2v) is 8.91. The zero-order valence-corrected chi connectivity index (χ0v) is 18.8. The van der Waals surface area contributed by atoms with Gasteiger partial charge in [0.05, 0.1) is 11.9 Å². The van der Waals surface area contributed by atoms with E-state index in [4.69, 9.17) is 11.6 Å². The molecular weight excluding hydrogens is 493 g/mol. The number of aryl methyl sites for hydroxylation is 1. The van der Waals surface area contributed by atoms with Crippen molar-refractivity contribution in [3.05, 3.63) is 83.4 Å². The molecule has 3 aromatic heterocycles. The van der Waals surface area contributed by atoms with E-state index in [1.807, 2.05) is 0 Å². The number of nitrogens with one attached hydrogen (secondary N) is 2. The van der Waals surface area contributed by atoms with Crippen molar-refractivity contribution in [1.82, 2.24) is 19.9 Å². The molecule has 174 valence electrons. The summed E-state index contributed by atoms with van der Waals surface area (Å²) in [7, 11) is -4.49. The first-order chi connectivity index (χ1) is 16.1. The van der Waals surface area contributed by atoms with Crippen molar-refractivity contribution in [3.8, 4) is 11.1 Å². The summed E-state index contributed by atoms with van der Waals surface area (Å²) >= 11 is 6.01. The van der Waals surface area contributed by atoms with Crippen LogP contribution in [0.15, 0.2) is 59.9 Å². The third kappa shape index (κ3) is 5.07. The van der Waals surface area contributed by atoms with Crippen molar-refractivity contribution in [3.63, 3.8) is 0 Å². The van der Waals surface area contributed by atoms with Crippen molar-refractivity contribution in [2.75, 3.05) is 10.0 Å². The first-order valence-corrected chi connectivity index (χ1v) is 11.3. The van der Waals surface area contributed by atoms with E-state index >= 15 is 0 Å². The Morgan fingerprint density at radius 2 is 1.71 bits per heavy atom. The van der Waals surface area contributed by atoms with Gasteiger partial charge in [-0.25, -0.2) is 41.5 Å². The Morgan fingerprint density at radius 1 is 0.912 bits per heavy atom. The lowest BCUT2D eigenvalue weighted by atomic mass is 10.1. The summed E-state index contributed by atoms with van der Waals surface area (Å²) in [4.78, 5) is 15.2. The highest BCUT2D eigenvalue weighted by Gasteiger charge is 2.22. The molecule has 0 aliphatic carbocycles. The molecule has 13 heteroatoms. The van der Waals surface area contributed by atoms with E-state index in [0.717, 1.165) is 18.3 Å². The van der Waals surface area contributed by atoms with Gasteiger partial charge >= 0.3 is 0 Å². The summed E-state index contributed by atoms with van der Waals surface area (Å²) in [6.07, 6.45) is 3.74. The summed E-state index contributed by atoms with van der Waals surface area (Å²) in [5.41, 5.74) is -0.0515. The van der Waals surface area contributed by atoms with Crippen molar-refractivity contribution in [2.24, 2.45) is 0 Å². The van der Waals surface area contributed by atoms with E-state index in [2.05, 4.69) is 30.0 Å². The highest BCUT2D eigenvalue weighted by molar-refractivity contribution is 7.92. The van der Waals surface area contributed by atoms with Gasteiger partial charge in [0.15, 0.2) is 5.15 Å². The van der Waals surface area contributed by atoms with E-state index in [0.29, 0.717) is 17.7 Å². The third-order valence-corrected chi connectivity index (χ3v) is 6.17. The van der Waals surface area contributed by atoms with Gasteiger partial charge in [-0.15, -0.1) is 0 Å². The molecule has 1 aromatic carbocycles. The highest BCUT2D eigenvalue weighted by atomic mass is 35.5. The molecule has 0 radical (unpaired) electrons. The van der Waals surface area contributed by atoms with Crippen LogP contribution in [0.5, 0.6) is 0 Å². The topological polar surface area (TPSA) is 110 Å². The Hall–Kier alpha value is -3.77. The fraction of sp³-hybridized carbons (Fsp3) is 0.0476. The van der Waals surface area contributed by atoms with Crippen LogP contribution in [-0.4, -0.2) is 28.4 Å². The smallest absolute Gasteiger partial charge is 0.264 e. The molecule has 4 aromatic rings. The van der Waals surface area contributed by atoms with Crippen molar-refractivity contribution in [1.29, 1.82) is 0 Å². The maximum absolute atomic E-state index is 14.6. The first kappa shape index (κ1) is 23.4. The van der Waals surface area contributed by atoms with Gasteiger partial charge in [-0.1, -0.05) is 11.6 Å². The number of rotatable bonds is 6. The van der Waals surface area contributed by atoms with Gasteiger partial charge in [0.2, 0.25) is 0 Å². The average Bonchev–Trinajstić information content (AvgIpc) is 2.76. The minimum atomic E-state index is -4.49. The van der Waals surface area contributed by atoms with Crippen molar-refractivity contribution < 1.29 is 21.6 Å². The number of hydrogen-bond acceptors (Lipinski definition) is 7. The van der Waals surface area contributed by atoms with Gasteiger partial charge in [0.1, 0.15) is 39.8 Å². The molecule has 0 atom stereocenters. The average molecular weight is 507 g/mol. The Bertz CT molecular complexity index is 1500. The second kappa shape index (κ2) is 9.23. The normalized spacial score (nSPS) is 11.3. The first-order valence-electron chi connectivity index (χ1n) is 9.48. The standard InChI is InChI=1S/C21H14ClF3N6O2S/c1-11-26-5-4-19(29-11)30-20-8-14(16(25)10-27-20)12-6-17(21(22)28-9-12)31-34(32,33)18-3-2-13(23)7-15(18)24/h2-10,31H,1H3,(H,26,27,29,30). The molecule has 0 aliphatic rings. The molecule has 0 unspecified atom stereocenters. The van der Waals surface area contributed by atoms with E-state index in [1.54, 1.807) is 19.2 Å². The van der Waals surface area contributed by atoms with Crippen LogP contribution in [-0.2, 0) is 10.0 Å². The SMILES string of the molecule is Cc1nccc(Nc2cc(-c3cnc(Cl)c(NS(=O)(=O)c4ccc(F)cc4F)c3)c(F)cn2)n1. The molecule has 34 heavy (non-hydrogen) atoms. The number of nitrogens with zero attached hydrogens (tertiary/aromatic N) is 4. The predicted molar refractivity (Wildman–Crippen MR) is 120 cm³/mol. The molecule has 3 heterocycles. The van der Waals surface area contributed by atoms with Crippen molar-refractivity contribution >= 4 is 38.9 Å². The molecule has 0 saturated heterocycles. The summed E-state index contributed by atoms with van der Waals surface area (Å²) in [6, 6.07) is 6.20. The maximum atomic E-state index is 14.6. The molecule has 0 bridgehead atoms. The largest absolute Gasteiger partial charge is 0.325 e. The minimum absolute atomic E-state index is 0.0286. The lowest BCUT2D eigenvalue weighted by molar-refractivity contribution is 0.551. The predicted octanol–water partition coefficient (Wildman–Crippen LogP) is 4.86. The van der Waals surface area contributed by atoms with E-state index in [9.17, 15) is 21.6 Å². The lowest BCUT2D eigenvalue weighted by Crippen LogP contribution is -2.15. The number of benzene rings is 1. The third-order valence-electron chi connectivity index (χ3n) is 4.47. The zero-order valence-electron chi connectivity index (χ0n) is 17.2. The van der Waals surface area contributed by atoms with Crippen LogP contribution in [0.3, 0.4) is 0 Å². The van der Waals surface area contributed by atoms with Crippen LogP contribution in [0.4, 0.5) is 30.5 Å². The van der Waals surface area contributed by atoms with E-state index < -0.39 is 32.4 Å². The summed E-state index contributed by atoms with van der Waals surface area (Å²) in [5.74, 6) is -1.74. The summed E-state index contributed by atoms with van der Waals surface area (Å²) in [6.45, 7) is 1.70. The lowest BCUT2D eigenvalue weighted by Gasteiger charge is -2.12. The summed E-state index contributed by atoms with van der Waals surface area (Å²) < 4.78 is 69.1. The van der Waals surface area contributed by atoms with Crippen LogP contribution in [0.25, 0.3) is 11.1 Å². The summed E-state index contributed by atoms with van der Waals surface area (Å²) in [5, 5.41) is 2.65. The van der Waals surface area contributed by atoms with Gasteiger partial charge in [-0.05, 0) is 37.3 Å². The Kier molecular flexibility index (Phi) is 6.35. The van der Waals surface area contributed by atoms with Crippen LogP contribution in [0.1, 0.15) is 5.82 Å². The highest BCUT2D eigenvalue weighted by Crippen LogP contribution is 2.31. The Balaban J connectivity index is 1.68. The number of pyridine rings is 2. The quantitative estimate of drug-likeness (QED) is 0.359. The number of hydrogen-bond donors (Lipinski definition) is 2. The molecule has 0 saturated carbocycles. The minimum Gasteiger partial charge on any atom is -0.325 e. The van der Waals surface area contributed by atoms with Crippen molar-refractivity contribution in [2.45, 2.75) is 11.8 Å². The van der Waals surface area contributed by atoms with Gasteiger partial charge in [-0.2, -0.15) is 0 Å². The van der Waals surface area contributed by atoms with Gasteiger partial charge in [0.25, 0.3) is 10.0 Å². The van der Waals surface area contributed by atoms with Crippen LogP contribution in [0, 0.1) is 24.4 Å². The molecule has 0 fully saturated rings. The number of sulfonamides is 1. The van der Waals surface area contributed by atoms with Crippen LogP contribution in [0.2, 0.25) is 5.15 Å². The number of anilines is 3. The molecule has 8 nitrogen and oxygen atoms in total. The van der Waals surface area contributed by atoms with Gasteiger partial charge < -0.3 is 5.32 Å². The number of aromatic nitrogens is 4. The zero-order chi connectivity index (χ0) is 24.5. The van der Waals surface area contributed by atoms with Crippen LogP contribution >= 0.6 is 11.6 Å². The molecular formula is C21H14ClF3N6O2S. The fourth-order valence-electron chi connectivity index (χ4n) is 2.95. The maximum Gasteiger partial charge on any atom is 0.264 e. The van der Waals surface area contributed by atoms with Gasteiger partial charge in [-0.3, -0.25) is 4.72 Å². The monoisotopic (exact) mass is 506 g/mol. The molecule has 0 spiro atoms. The Morgan fingerprint density at radius 3 is 2.44 bits per heavy atom. The van der Waals surface area contributed by atoms with E-state index in [-0.39, 0.29) is 27.8 Å². The van der Waals surface area contributed by atoms with Crippen LogP contribution < -0.4 is 10.0 Å². The molecule has 0 aliphatic heterocycles.